The summed E-state index contributed by atoms with van der Waals surface area (Å²) >= 11 is 0. The van der Waals surface area contributed by atoms with Crippen LogP contribution in [0.3, 0.4) is 0 Å². The molecule has 6 nitrogen and oxygen atoms in total. The first-order chi connectivity index (χ1) is 6.40. The van der Waals surface area contributed by atoms with Crippen LogP contribution in [0.4, 0.5) is 0 Å². The predicted molar refractivity (Wildman–Crippen MR) is 50.0 cm³/mol. The van der Waals surface area contributed by atoms with E-state index in [1.54, 1.807) is 0 Å². The molecule has 0 aliphatic carbocycles. The van der Waals surface area contributed by atoms with Crippen LogP contribution in [0.1, 0.15) is 12.8 Å². The van der Waals surface area contributed by atoms with E-state index in [2.05, 4.69) is 0 Å². The zero-order chi connectivity index (χ0) is 10.8. The SMILES string of the molecule is O=C1CCC(=O)N1CCSS(=O)(=O)O. The first-order valence-corrected chi connectivity index (χ1v) is 6.79. The van der Waals surface area contributed by atoms with Crippen molar-refractivity contribution >= 4 is 31.8 Å². The van der Waals surface area contributed by atoms with Gasteiger partial charge in [-0.2, -0.15) is 8.42 Å². The van der Waals surface area contributed by atoms with Crippen molar-refractivity contribution in [2.45, 2.75) is 12.8 Å². The number of likely N-dealkylation sites (tertiary alicyclic amines) is 1. The zero-order valence-corrected chi connectivity index (χ0v) is 8.81. The fourth-order valence-corrected chi connectivity index (χ4v) is 2.43. The van der Waals surface area contributed by atoms with E-state index in [4.69, 9.17) is 4.55 Å². The number of carbonyl (C=O) groups is 2. The molecule has 0 saturated carbocycles. The molecule has 0 unspecified atom stereocenters. The molecule has 1 aliphatic heterocycles. The molecule has 1 N–H and O–H groups in total. The molecule has 1 saturated heterocycles. The number of imide groups is 1. The van der Waals surface area contributed by atoms with Crippen LogP contribution in [0, 0.1) is 0 Å². The van der Waals surface area contributed by atoms with Crippen LogP contribution in [0.2, 0.25) is 0 Å². The van der Waals surface area contributed by atoms with Crippen LogP contribution in [0.25, 0.3) is 0 Å². The van der Waals surface area contributed by atoms with Crippen molar-refractivity contribution in [2.24, 2.45) is 0 Å². The molecular formula is C6H9NO5S2. The highest BCUT2D eigenvalue weighted by Gasteiger charge is 2.28. The van der Waals surface area contributed by atoms with Crippen molar-refractivity contribution < 1.29 is 22.6 Å². The van der Waals surface area contributed by atoms with E-state index in [-0.39, 0.29) is 37.0 Å². The Morgan fingerprint density at radius 3 is 2.21 bits per heavy atom. The summed E-state index contributed by atoms with van der Waals surface area (Å²) in [5, 5.41) is 0. The molecule has 0 radical (unpaired) electrons. The molecule has 0 aromatic carbocycles. The maximum Gasteiger partial charge on any atom is 0.319 e. The molecule has 14 heavy (non-hydrogen) atoms. The summed E-state index contributed by atoms with van der Waals surface area (Å²) < 4.78 is 29.0. The summed E-state index contributed by atoms with van der Waals surface area (Å²) in [5.41, 5.74) is 0. The van der Waals surface area contributed by atoms with E-state index in [1.165, 1.54) is 0 Å². The minimum Gasteiger partial charge on any atom is -0.282 e. The lowest BCUT2D eigenvalue weighted by molar-refractivity contribution is -0.137. The van der Waals surface area contributed by atoms with Gasteiger partial charge in [0.1, 0.15) is 0 Å². The van der Waals surface area contributed by atoms with Gasteiger partial charge in [0.15, 0.2) is 0 Å². The maximum absolute atomic E-state index is 11.0. The Morgan fingerprint density at radius 2 is 1.79 bits per heavy atom. The third-order valence-corrected chi connectivity index (χ3v) is 3.74. The van der Waals surface area contributed by atoms with Gasteiger partial charge in [-0.3, -0.25) is 19.0 Å². The minimum atomic E-state index is -4.08. The van der Waals surface area contributed by atoms with Gasteiger partial charge in [-0.05, 0) is 10.8 Å². The number of hydrogen-bond donors (Lipinski definition) is 1. The molecule has 0 aromatic heterocycles. The molecule has 0 spiro atoms. The van der Waals surface area contributed by atoms with Crippen molar-refractivity contribution in [2.75, 3.05) is 12.3 Å². The minimum absolute atomic E-state index is 0.00366. The average molecular weight is 239 g/mol. The van der Waals surface area contributed by atoms with E-state index in [0.717, 1.165) is 4.90 Å². The van der Waals surface area contributed by atoms with Gasteiger partial charge in [0.2, 0.25) is 11.8 Å². The second-order valence-corrected chi connectivity index (χ2v) is 6.16. The molecule has 1 rings (SSSR count). The maximum atomic E-state index is 11.0. The zero-order valence-electron chi connectivity index (χ0n) is 7.17. The van der Waals surface area contributed by atoms with Crippen LogP contribution in [0.5, 0.6) is 0 Å². The standard InChI is InChI=1S/C6H9NO5S2/c8-5-1-2-6(9)7(5)3-4-13-14(10,11)12/h1-4H2,(H,10,11,12). The Balaban J connectivity index is 2.38. The number of carbonyl (C=O) groups excluding carboxylic acids is 2. The van der Waals surface area contributed by atoms with Crippen molar-refractivity contribution in [1.82, 2.24) is 4.90 Å². The van der Waals surface area contributed by atoms with Gasteiger partial charge in [-0.1, -0.05) is 0 Å². The fraction of sp³-hybridized carbons (Fsp3) is 0.667. The van der Waals surface area contributed by atoms with Crippen LogP contribution < -0.4 is 0 Å². The lowest BCUT2D eigenvalue weighted by Gasteiger charge is -2.11. The van der Waals surface area contributed by atoms with Crippen molar-refractivity contribution in [3.8, 4) is 0 Å². The highest BCUT2D eigenvalue weighted by Crippen LogP contribution is 2.14. The van der Waals surface area contributed by atoms with Gasteiger partial charge in [0.25, 0.3) is 0 Å². The highest BCUT2D eigenvalue weighted by molar-refractivity contribution is 8.69. The molecule has 0 bridgehead atoms. The van der Waals surface area contributed by atoms with E-state index in [9.17, 15) is 18.0 Å². The molecule has 8 heteroatoms. The Morgan fingerprint density at radius 1 is 1.29 bits per heavy atom. The summed E-state index contributed by atoms with van der Waals surface area (Å²) in [5.74, 6) is -0.576. The number of hydrogen-bond acceptors (Lipinski definition) is 5. The molecule has 1 heterocycles. The third kappa shape index (κ3) is 3.28. The molecule has 0 atom stereocenters. The highest BCUT2D eigenvalue weighted by atomic mass is 33.1. The topological polar surface area (TPSA) is 91.8 Å². The number of amides is 2. The van der Waals surface area contributed by atoms with Gasteiger partial charge < -0.3 is 0 Å². The average Bonchev–Trinajstić information content (AvgIpc) is 2.33. The van der Waals surface area contributed by atoms with E-state index in [1.807, 2.05) is 0 Å². The van der Waals surface area contributed by atoms with E-state index < -0.39 is 9.15 Å². The Labute approximate surface area is 84.8 Å². The third-order valence-electron chi connectivity index (χ3n) is 1.70. The van der Waals surface area contributed by atoms with Gasteiger partial charge in [-0.25, -0.2) is 0 Å². The largest absolute Gasteiger partial charge is 0.319 e. The first kappa shape index (κ1) is 11.5. The Kier molecular flexibility index (Phi) is 3.51. The quantitative estimate of drug-likeness (QED) is 0.410. The number of nitrogens with zero attached hydrogens (tertiary/aromatic N) is 1. The van der Waals surface area contributed by atoms with Crippen molar-refractivity contribution in [3.05, 3.63) is 0 Å². The Bertz CT molecular complexity index is 333. The summed E-state index contributed by atoms with van der Waals surface area (Å²) in [7, 11) is -3.78. The fourth-order valence-electron chi connectivity index (χ4n) is 1.11. The van der Waals surface area contributed by atoms with Crippen molar-refractivity contribution in [1.29, 1.82) is 0 Å². The first-order valence-electron chi connectivity index (χ1n) is 3.85. The molecule has 1 aliphatic rings. The summed E-state index contributed by atoms with van der Waals surface area (Å²) in [6.45, 7) is 0.0299. The van der Waals surface area contributed by atoms with Gasteiger partial charge >= 0.3 is 9.15 Å². The lowest BCUT2D eigenvalue weighted by atomic mass is 10.4. The van der Waals surface area contributed by atoms with Gasteiger partial charge in [-0.15, -0.1) is 0 Å². The second-order valence-electron chi connectivity index (χ2n) is 2.69. The monoisotopic (exact) mass is 239 g/mol. The van der Waals surface area contributed by atoms with E-state index in [0.29, 0.717) is 10.8 Å². The smallest absolute Gasteiger partial charge is 0.282 e. The van der Waals surface area contributed by atoms with Crippen LogP contribution in [-0.2, 0) is 18.7 Å². The molecular weight excluding hydrogens is 230 g/mol. The second kappa shape index (κ2) is 4.28. The van der Waals surface area contributed by atoms with Gasteiger partial charge in [0, 0.05) is 25.1 Å². The lowest BCUT2D eigenvalue weighted by Crippen LogP contribution is -2.31. The van der Waals surface area contributed by atoms with Crippen LogP contribution in [0.15, 0.2) is 0 Å². The summed E-state index contributed by atoms with van der Waals surface area (Å²) in [6.07, 6.45) is 0.380. The molecule has 80 valence electrons. The van der Waals surface area contributed by atoms with Crippen LogP contribution in [-0.4, -0.2) is 42.0 Å². The molecule has 2 amide bonds. The number of rotatable bonds is 4. The summed E-state index contributed by atoms with van der Waals surface area (Å²) in [6, 6.07) is 0. The predicted octanol–water partition coefficient (Wildman–Crippen LogP) is -0.329. The molecule has 0 aromatic rings. The van der Waals surface area contributed by atoms with Crippen molar-refractivity contribution in [3.63, 3.8) is 0 Å². The summed E-state index contributed by atoms with van der Waals surface area (Å²) in [4.78, 5) is 23.1. The van der Waals surface area contributed by atoms with E-state index >= 15 is 0 Å². The molecule has 1 fully saturated rings. The normalized spacial score (nSPS) is 17.9. The van der Waals surface area contributed by atoms with Crippen LogP contribution >= 0.6 is 10.8 Å². The Hall–Kier alpha value is -0.600. The van der Waals surface area contributed by atoms with Gasteiger partial charge in [0.05, 0.1) is 0 Å².